The molecule has 0 saturated heterocycles. The van der Waals surface area contributed by atoms with Crippen LogP contribution in [0.1, 0.15) is 17.5 Å². The molecule has 1 atom stereocenters. The summed E-state index contributed by atoms with van der Waals surface area (Å²) in [5.74, 6) is -2.76. The lowest BCUT2D eigenvalue weighted by Crippen LogP contribution is -2.33. The number of esters is 3. The molecule has 0 saturated carbocycles. The van der Waals surface area contributed by atoms with Gasteiger partial charge in [-0.1, -0.05) is 60.7 Å². The van der Waals surface area contributed by atoms with E-state index in [4.69, 9.17) is 23.3 Å². The van der Waals surface area contributed by atoms with Crippen molar-refractivity contribution in [2.45, 2.75) is 25.7 Å². The van der Waals surface area contributed by atoms with E-state index < -0.39 is 44.2 Å². The molecular weight excluding hydrogens is 439 g/mol. The van der Waals surface area contributed by atoms with E-state index in [-0.39, 0.29) is 13.2 Å². The second-order valence-electron chi connectivity index (χ2n) is 6.56. The van der Waals surface area contributed by atoms with Gasteiger partial charge >= 0.3 is 25.5 Å². The van der Waals surface area contributed by atoms with Crippen LogP contribution in [0.15, 0.2) is 60.7 Å². The Hall–Kier alpha value is -3.00. The van der Waals surface area contributed by atoms with Gasteiger partial charge in [-0.25, -0.2) is 4.79 Å². The summed E-state index contributed by atoms with van der Waals surface area (Å²) in [4.78, 5) is 37.0. The topological polar surface area (TPSA) is 114 Å². The maximum absolute atomic E-state index is 12.5. The average molecular weight is 464 g/mol. The summed E-state index contributed by atoms with van der Waals surface area (Å²) in [6.45, 7) is -0.0939. The van der Waals surface area contributed by atoms with Crippen LogP contribution in [-0.2, 0) is 55.4 Å². The van der Waals surface area contributed by atoms with E-state index in [2.05, 4.69) is 0 Å². The maximum atomic E-state index is 12.5. The molecule has 0 heterocycles. The molecule has 1 unspecified atom stereocenters. The van der Waals surface area contributed by atoms with Gasteiger partial charge in [0.05, 0.1) is 6.42 Å². The lowest BCUT2D eigenvalue weighted by Gasteiger charge is -2.18. The summed E-state index contributed by atoms with van der Waals surface area (Å²) >= 11 is 0. The molecule has 9 nitrogen and oxygen atoms in total. The molecule has 0 N–H and O–H groups in total. The van der Waals surface area contributed by atoms with Crippen LogP contribution in [0.4, 0.5) is 0 Å². The maximum Gasteiger partial charge on any atom is 0.348 e. The SMILES string of the molecule is COP(=O)(CC(=O)OC(CC(=O)OCc1ccccc1)C(=O)OCc1ccccc1)OC. The Balaban J connectivity index is 2.01. The van der Waals surface area contributed by atoms with Gasteiger partial charge in [0, 0.05) is 14.2 Å². The molecule has 0 fully saturated rings. The first-order valence-electron chi connectivity index (χ1n) is 9.65. The average Bonchev–Trinajstić information content (AvgIpc) is 2.82. The molecule has 0 aromatic heterocycles. The van der Waals surface area contributed by atoms with Crippen LogP contribution in [0.5, 0.6) is 0 Å². The van der Waals surface area contributed by atoms with Gasteiger partial charge in [-0.05, 0) is 11.1 Å². The van der Waals surface area contributed by atoms with Crippen LogP contribution in [0, 0.1) is 0 Å². The molecule has 10 heteroatoms. The minimum Gasteiger partial charge on any atom is -0.461 e. The van der Waals surface area contributed by atoms with Crippen molar-refractivity contribution in [2.24, 2.45) is 0 Å². The van der Waals surface area contributed by atoms with E-state index in [9.17, 15) is 18.9 Å². The summed E-state index contributed by atoms with van der Waals surface area (Å²) in [6.07, 6.45) is -2.89. The van der Waals surface area contributed by atoms with Gasteiger partial charge in [-0.15, -0.1) is 0 Å². The number of rotatable bonds is 12. The monoisotopic (exact) mass is 464 g/mol. The lowest BCUT2D eigenvalue weighted by atomic mass is 10.2. The third-order valence-corrected chi connectivity index (χ3v) is 5.99. The van der Waals surface area contributed by atoms with E-state index >= 15 is 0 Å². The van der Waals surface area contributed by atoms with Crippen LogP contribution < -0.4 is 0 Å². The highest BCUT2D eigenvalue weighted by Crippen LogP contribution is 2.46. The van der Waals surface area contributed by atoms with Gasteiger partial charge in [-0.2, -0.15) is 0 Å². The van der Waals surface area contributed by atoms with Crippen molar-refractivity contribution in [1.82, 2.24) is 0 Å². The number of carbonyl (C=O) groups excluding carboxylic acids is 3. The van der Waals surface area contributed by atoms with Crippen LogP contribution in [0.3, 0.4) is 0 Å². The van der Waals surface area contributed by atoms with E-state index in [0.29, 0.717) is 5.56 Å². The van der Waals surface area contributed by atoms with Gasteiger partial charge < -0.3 is 23.3 Å². The summed E-state index contributed by atoms with van der Waals surface area (Å²) in [5, 5.41) is 0. The first-order chi connectivity index (χ1) is 15.3. The van der Waals surface area contributed by atoms with E-state index in [1.165, 1.54) is 0 Å². The second kappa shape index (κ2) is 12.8. The van der Waals surface area contributed by atoms with Gasteiger partial charge in [0.2, 0.25) is 6.10 Å². The zero-order valence-corrected chi connectivity index (χ0v) is 18.7. The molecule has 0 radical (unpaired) electrons. The van der Waals surface area contributed by atoms with Crippen molar-refractivity contribution >= 4 is 25.5 Å². The number of hydrogen-bond donors (Lipinski definition) is 0. The normalized spacial score (nSPS) is 11.9. The van der Waals surface area contributed by atoms with Crippen molar-refractivity contribution in [3.63, 3.8) is 0 Å². The van der Waals surface area contributed by atoms with Gasteiger partial charge in [0.15, 0.2) is 0 Å². The second-order valence-corrected chi connectivity index (χ2v) is 8.82. The fourth-order valence-electron chi connectivity index (χ4n) is 2.50. The molecule has 0 bridgehead atoms. The van der Waals surface area contributed by atoms with Crippen molar-refractivity contribution in [3.8, 4) is 0 Å². The predicted molar refractivity (Wildman–Crippen MR) is 113 cm³/mol. The molecule has 0 aliphatic heterocycles. The first kappa shape index (κ1) is 25.3. The summed E-state index contributed by atoms with van der Waals surface area (Å²) in [5.41, 5.74) is 1.46. The van der Waals surface area contributed by atoms with Crippen LogP contribution in [-0.4, -0.2) is 44.4 Å². The summed E-state index contributed by atoms with van der Waals surface area (Å²) < 4.78 is 37.0. The largest absolute Gasteiger partial charge is 0.461 e. The Kier molecular flexibility index (Phi) is 10.1. The van der Waals surface area contributed by atoms with Crippen molar-refractivity contribution in [3.05, 3.63) is 71.8 Å². The van der Waals surface area contributed by atoms with Crippen LogP contribution >= 0.6 is 7.60 Å². The summed E-state index contributed by atoms with van der Waals surface area (Å²) in [7, 11) is -1.49. The molecule has 0 aliphatic rings. The Labute approximate surface area is 186 Å². The highest BCUT2D eigenvalue weighted by atomic mass is 31.2. The van der Waals surface area contributed by atoms with E-state index in [1.807, 2.05) is 12.1 Å². The molecule has 32 heavy (non-hydrogen) atoms. The highest BCUT2D eigenvalue weighted by Gasteiger charge is 2.33. The van der Waals surface area contributed by atoms with Crippen molar-refractivity contribution < 1.29 is 42.2 Å². The fourth-order valence-corrected chi connectivity index (χ4v) is 3.30. The standard InChI is InChI=1S/C22H25O9P/c1-27-32(26,28-2)16-21(24)31-19(22(25)30-15-18-11-7-4-8-12-18)13-20(23)29-14-17-9-5-3-6-10-17/h3-12,19H,13-16H2,1-2H3. The van der Waals surface area contributed by atoms with Gasteiger partial charge in [0.1, 0.15) is 19.4 Å². The molecule has 0 aliphatic carbocycles. The predicted octanol–water partition coefficient (Wildman–Crippen LogP) is 3.26. The highest BCUT2D eigenvalue weighted by molar-refractivity contribution is 7.54. The number of benzene rings is 2. The fraction of sp³-hybridized carbons (Fsp3) is 0.318. The van der Waals surface area contributed by atoms with Crippen LogP contribution in [0.2, 0.25) is 0 Å². The van der Waals surface area contributed by atoms with E-state index in [0.717, 1.165) is 19.8 Å². The Bertz CT molecular complexity index is 923. The van der Waals surface area contributed by atoms with Crippen LogP contribution in [0.25, 0.3) is 0 Å². The molecule has 2 rings (SSSR count). The third-order valence-electron chi connectivity index (χ3n) is 4.23. The molecule has 0 spiro atoms. The number of hydrogen-bond acceptors (Lipinski definition) is 9. The van der Waals surface area contributed by atoms with E-state index in [1.54, 1.807) is 48.5 Å². The number of ether oxygens (including phenoxy) is 3. The molecular formula is C22H25O9P. The van der Waals surface area contributed by atoms with Crippen molar-refractivity contribution in [2.75, 3.05) is 20.4 Å². The Morgan fingerprint density at radius 3 is 1.78 bits per heavy atom. The zero-order valence-electron chi connectivity index (χ0n) is 17.8. The van der Waals surface area contributed by atoms with Crippen molar-refractivity contribution in [1.29, 1.82) is 0 Å². The van der Waals surface area contributed by atoms with Gasteiger partial charge in [-0.3, -0.25) is 14.2 Å². The molecule has 2 aromatic rings. The Morgan fingerprint density at radius 1 is 0.781 bits per heavy atom. The molecule has 172 valence electrons. The first-order valence-corrected chi connectivity index (χ1v) is 11.4. The third kappa shape index (κ3) is 8.63. The zero-order chi connectivity index (χ0) is 23.4. The minimum absolute atomic E-state index is 0.0120. The molecule has 0 amide bonds. The smallest absolute Gasteiger partial charge is 0.348 e. The number of carbonyl (C=O) groups is 3. The Morgan fingerprint density at radius 2 is 1.28 bits per heavy atom. The minimum atomic E-state index is -3.72. The lowest BCUT2D eigenvalue weighted by molar-refractivity contribution is -0.171. The van der Waals surface area contributed by atoms with Gasteiger partial charge in [0.25, 0.3) is 0 Å². The quantitative estimate of drug-likeness (QED) is 0.265. The molecule has 2 aromatic carbocycles. The summed E-state index contributed by atoms with van der Waals surface area (Å²) in [6, 6.07) is 17.8.